The fourth-order valence-electron chi connectivity index (χ4n) is 4.17. The van der Waals surface area contributed by atoms with Gasteiger partial charge in [0.25, 0.3) is 0 Å². The lowest BCUT2D eigenvalue weighted by molar-refractivity contribution is -0.140. The molecule has 40 heavy (non-hydrogen) atoms. The zero-order chi connectivity index (χ0) is 29.4. The van der Waals surface area contributed by atoms with Crippen LogP contribution in [0.25, 0.3) is 0 Å². The van der Waals surface area contributed by atoms with Gasteiger partial charge in [-0.3, -0.25) is 13.9 Å². The summed E-state index contributed by atoms with van der Waals surface area (Å²) in [5.74, 6) is -0.929. The van der Waals surface area contributed by atoms with E-state index < -0.39 is 28.5 Å². The summed E-state index contributed by atoms with van der Waals surface area (Å²) >= 11 is 16.4. The lowest BCUT2D eigenvalue weighted by Gasteiger charge is -2.34. The van der Waals surface area contributed by atoms with Crippen molar-refractivity contribution in [2.24, 2.45) is 0 Å². The molecule has 0 radical (unpaired) electrons. The summed E-state index contributed by atoms with van der Waals surface area (Å²) < 4.78 is 27.7. The number of nitrogens with zero attached hydrogens (tertiary/aromatic N) is 2. The number of sulfonamides is 1. The zero-order valence-electron chi connectivity index (χ0n) is 22.5. The number of carbonyl (C=O) groups is 2. The fraction of sp³-hybridized carbons (Fsp3) is 0.310. The highest BCUT2D eigenvalue weighted by Gasteiger charge is 2.33. The van der Waals surface area contributed by atoms with E-state index in [-0.39, 0.29) is 18.9 Å². The predicted octanol–water partition coefficient (Wildman–Crippen LogP) is 6.00. The number of aryl methyl sites for hydroxylation is 1. The first-order valence-electron chi connectivity index (χ1n) is 12.7. The number of carbonyl (C=O) groups excluding carboxylic acids is 2. The second kappa shape index (κ2) is 14.3. The SMILES string of the molecule is CCCNC(=O)[C@@H](Cc1ccccc1)N(Cc1c(Cl)cccc1Cl)C(=O)CN(c1ccc(Br)c(C)c1)S(C)(=O)=O. The van der Waals surface area contributed by atoms with Crippen LogP contribution < -0.4 is 9.62 Å². The summed E-state index contributed by atoms with van der Waals surface area (Å²) in [4.78, 5) is 29.0. The van der Waals surface area contributed by atoms with Crippen molar-refractivity contribution in [2.75, 3.05) is 23.7 Å². The number of hydrogen-bond acceptors (Lipinski definition) is 4. The van der Waals surface area contributed by atoms with Crippen LogP contribution in [0.2, 0.25) is 10.0 Å². The van der Waals surface area contributed by atoms with Gasteiger partial charge in [0.1, 0.15) is 12.6 Å². The lowest BCUT2D eigenvalue weighted by atomic mass is 10.0. The summed E-state index contributed by atoms with van der Waals surface area (Å²) in [5.41, 5.74) is 2.44. The molecule has 0 unspecified atom stereocenters. The van der Waals surface area contributed by atoms with Crippen molar-refractivity contribution in [3.05, 3.63) is 97.9 Å². The van der Waals surface area contributed by atoms with Crippen LogP contribution in [-0.2, 0) is 32.6 Å². The molecule has 1 N–H and O–H groups in total. The molecule has 0 aliphatic rings. The van der Waals surface area contributed by atoms with E-state index in [0.717, 1.165) is 26.2 Å². The molecular weight excluding hydrogens is 637 g/mol. The standard InChI is InChI=1S/C29H32BrCl2N3O4S/c1-4-15-33-29(37)27(17-21-9-6-5-7-10-21)34(18-23-25(31)11-8-12-26(23)32)28(36)19-35(40(3,38)39)22-13-14-24(30)20(2)16-22/h5-14,16,27H,4,15,17-19H2,1-3H3,(H,33,37)/t27-/m1/s1. The summed E-state index contributed by atoms with van der Waals surface area (Å²) in [6.07, 6.45) is 1.96. The molecule has 3 aromatic carbocycles. The van der Waals surface area contributed by atoms with Crippen LogP contribution in [-0.4, -0.2) is 50.5 Å². The maximum absolute atomic E-state index is 14.1. The van der Waals surface area contributed by atoms with Crippen LogP contribution in [0.1, 0.15) is 30.0 Å². The van der Waals surface area contributed by atoms with Crippen LogP contribution in [0.5, 0.6) is 0 Å². The second-order valence-corrected chi connectivity index (χ2v) is 13.0. The number of amides is 2. The molecular formula is C29H32BrCl2N3O4S. The number of hydrogen-bond donors (Lipinski definition) is 1. The van der Waals surface area contributed by atoms with E-state index in [9.17, 15) is 18.0 Å². The number of anilines is 1. The molecule has 3 aromatic rings. The van der Waals surface area contributed by atoms with E-state index in [1.807, 2.05) is 44.2 Å². The maximum Gasteiger partial charge on any atom is 0.244 e. The molecule has 0 aromatic heterocycles. The second-order valence-electron chi connectivity index (χ2n) is 9.42. The minimum absolute atomic E-state index is 0.0919. The molecule has 0 heterocycles. The highest BCUT2D eigenvalue weighted by Crippen LogP contribution is 2.29. The molecule has 0 saturated carbocycles. The highest BCUT2D eigenvalue weighted by molar-refractivity contribution is 9.10. The highest BCUT2D eigenvalue weighted by atomic mass is 79.9. The molecule has 3 rings (SSSR count). The number of rotatable bonds is 12. The summed E-state index contributed by atoms with van der Waals surface area (Å²) in [7, 11) is -3.87. The number of nitrogens with one attached hydrogen (secondary N) is 1. The smallest absolute Gasteiger partial charge is 0.244 e. The van der Waals surface area contributed by atoms with Crippen molar-refractivity contribution >= 4 is 66.7 Å². The third-order valence-electron chi connectivity index (χ3n) is 6.32. The third kappa shape index (κ3) is 8.46. The van der Waals surface area contributed by atoms with Gasteiger partial charge in [-0.15, -0.1) is 0 Å². The third-order valence-corrected chi connectivity index (χ3v) is 9.06. The first-order chi connectivity index (χ1) is 18.9. The van der Waals surface area contributed by atoms with Crippen molar-refractivity contribution < 1.29 is 18.0 Å². The normalized spacial score (nSPS) is 12.1. The van der Waals surface area contributed by atoms with Crippen molar-refractivity contribution in [3.63, 3.8) is 0 Å². The molecule has 0 bridgehead atoms. The number of benzene rings is 3. The van der Waals surface area contributed by atoms with E-state index in [2.05, 4.69) is 21.2 Å². The molecule has 0 saturated heterocycles. The Morgan fingerprint density at radius 1 is 1.00 bits per heavy atom. The van der Waals surface area contributed by atoms with Gasteiger partial charge in [0.15, 0.2) is 0 Å². The van der Waals surface area contributed by atoms with Crippen LogP contribution in [0.4, 0.5) is 5.69 Å². The van der Waals surface area contributed by atoms with Gasteiger partial charge in [-0.25, -0.2) is 8.42 Å². The van der Waals surface area contributed by atoms with Gasteiger partial charge in [-0.05, 0) is 54.8 Å². The van der Waals surface area contributed by atoms with Crippen LogP contribution >= 0.6 is 39.1 Å². The van der Waals surface area contributed by atoms with Gasteiger partial charge in [0, 0.05) is 39.6 Å². The summed E-state index contributed by atoms with van der Waals surface area (Å²) in [6, 6.07) is 18.4. The van der Waals surface area contributed by atoms with E-state index in [0.29, 0.717) is 34.3 Å². The monoisotopic (exact) mass is 667 g/mol. The topological polar surface area (TPSA) is 86.8 Å². The Morgan fingerprint density at radius 3 is 2.23 bits per heavy atom. The Hall–Kier alpha value is -2.59. The molecule has 1 atom stereocenters. The Kier molecular flexibility index (Phi) is 11.5. The quantitative estimate of drug-likeness (QED) is 0.257. The number of halogens is 3. The molecule has 7 nitrogen and oxygen atoms in total. The van der Waals surface area contributed by atoms with Gasteiger partial charge in [0.2, 0.25) is 21.8 Å². The van der Waals surface area contributed by atoms with Crippen molar-refractivity contribution in [1.82, 2.24) is 10.2 Å². The van der Waals surface area contributed by atoms with Gasteiger partial charge < -0.3 is 10.2 Å². The molecule has 11 heteroatoms. The first kappa shape index (κ1) is 31.9. The molecule has 0 aliphatic carbocycles. The fourth-order valence-corrected chi connectivity index (χ4v) is 5.78. The Bertz CT molecular complexity index is 1430. The van der Waals surface area contributed by atoms with Gasteiger partial charge >= 0.3 is 0 Å². The van der Waals surface area contributed by atoms with Gasteiger partial charge in [0.05, 0.1) is 11.9 Å². The average Bonchev–Trinajstić information content (AvgIpc) is 2.90. The lowest BCUT2D eigenvalue weighted by Crippen LogP contribution is -2.53. The zero-order valence-corrected chi connectivity index (χ0v) is 26.4. The van der Waals surface area contributed by atoms with E-state index >= 15 is 0 Å². The molecule has 0 spiro atoms. The van der Waals surface area contributed by atoms with Crippen molar-refractivity contribution in [1.29, 1.82) is 0 Å². The summed E-state index contributed by atoms with van der Waals surface area (Å²) in [6.45, 7) is 3.57. The molecule has 0 aliphatic heterocycles. The van der Waals surface area contributed by atoms with Gasteiger partial charge in [-0.2, -0.15) is 0 Å². The minimum atomic E-state index is -3.87. The van der Waals surface area contributed by atoms with Crippen LogP contribution in [0.15, 0.2) is 71.2 Å². The molecule has 214 valence electrons. The largest absolute Gasteiger partial charge is 0.354 e. The minimum Gasteiger partial charge on any atom is -0.354 e. The summed E-state index contributed by atoms with van der Waals surface area (Å²) in [5, 5.41) is 3.57. The first-order valence-corrected chi connectivity index (χ1v) is 16.1. The van der Waals surface area contributed by atoms with Crippen LogP contribution in [0, 0.1) is 6.92 Å². The Labute approximate surface area is 254 Å². The molecule has 2 amide bonds. The van der Waals surface area contributed by atoms with E-state index in [1.54, 1.807) is 36.4 Å². The Balaban J connectivity index is 2.10. The van der Waals surface area contributed by atoms with E-state index in [4.69, 9.17) is 23.2 Å². The maximum atomic E-state index is 14.1. The average molecular weight is 669 g/mol. The van der Waals surface area contributed by atoms with Crippen LogP contribution in [0.3, 0.4) is 0 Å². The van der Waals surface area contributed by atoms with E-state index in [1.165, 1.54) is 4.90 Å². The van der Waals surface area contributed by atoms with Gasteiger partial charge in [-0.1, -0.05) is 82.5 Å². The van der Waals surface area contributed by atoms with Crippen molar-refractivity contribution in [3.8, 4) is 0 Å². The molecule has 0 fully saturated rings. The van der Waals surface area contributed by atoms with Crippen molar-refractivity contribution in [2.45, 2.75) is 39.3 Å². The Morgan fingerprint density at radius 2 is 1.65 bits per heavy atom. The predicted molar refractivity (Wildman–Crippen MR) is 165 cm³/mol.